The molecule has 2 N–H and O–H groups in total. The normalized spacial score (nSPS) is 19.9. The molecule has 7 nitrogen and oxygen atoms in total. The second-order valence-electron chi connectivity index (χ2n) is 5.32. The average molecular weight is 276 g/mol. The predicted octanol–water partition coefficient (Wildman–Crippen LogP) is 0.219. The minimum atomic E-state index is 0.264. The Hall–Kier alpha value is -1.73. The molecule has 1 aliphatic rings. The van der Waals surface area contributed by atoms with Crippen molar-refractivity contribution in [2.45, 2.75) is 13.0 Å². The first-order valence-corrected chi connectivity index (χ1v) is 6.91. The smallest absolute Gasteiger partial charge is 0.163 e. The third-order valence-electron chi connectivity index (χ3n) is 3.87. The third-order valence-corrected chi connectivity index (χ3v) is 3.87. The van der Waals surface area contributed by atoms with Crippen molar-refractivity contribution in [1.29, 1.82) is 0 Å². The van der Waals surface area contributed by atoms with Crippen molar-refractivity contribution >= 4 is 16.9 Å². The van der Waals surface area contributed by atoms with E-state index in [4.69, 9.17) is 0 Å². The van der Waals surface area contributed by atoms with E-state index in [0.717, 1.165) is 42.2 Å². The van der Waals surface area contributed by atoms with E-state index < -0.39 is 0 Å². The van der Waals surface area contributed by atoms with E-state index in [1.807, 2.05) is 14.1 Å². The van der Waals surface area contributed by atoms with Gasteiger partial charge in [-0.05, 0) is 18.9 Å². The van der Waals surface area contributed by atoms with E-state index in [2.05, 4.69) is 25.3 Å². The molecule has 20 heavy (non-hydrogen) atoms. The molecule has 2 aromatic rings. The van der Waals surface area contributed by atoms with Gasteiger partial charge in [0.25, 0.3) is 0 Å². The van der Waals surface area contributed by atoms with E-state index in [1.165, 1.54) is 0 Å². The zero-order valence-electron chi connectivity index (χ0n) is 11.9. The number of nitrogens with one attached hydrogen (secondary N) is 1. The van der Waals surface area contributed by atoms with E-state index in [-0.39, 0.29) is 6.61 Å². The summed E-state index contributed by atoms with van der Waals surface area (Å²) in [6.45, 7) is 2.89. The minimum Gasteiger partial charge on any atom is -0.396 e. The number of rotatable bonds is 4. The number of aryl methyl sites for hydroxylation is 1. The lowest BCUT2D eigenvalue weighted by molar-refractivity contribution is 0.219. The number of likely N-dealkylation sites (tertiary alicyclic amines) is 1. The summed E-state index contributed by atoms with van der Waals surface area (Å²) in [4.78, 5) is 11.5. The Morgan fingerprint density at radius 3 is 3.00 bits per heavy atom. The Bertz CT molecular complexity index is 610. The van der Waals surface area contributed by atoms with Crippen molar-refractivity contribution < 1.29 is 5.11 Å². The third kappa shape index (κ3) is 2.34. The van der Waals surface area contributed by atoms with Gasteiger partial charge in [0, 0.05) is 27.2 Å². The van der Waals surface area contributed by atoms with Crippen LogP contribution in [0.5, 0.6) is 0 Å². The maximum Gasteiger partial charge on any atom is 0.163 e. The molecule has 1 unspecified atom stereocenters. The molecule has 0 bridgehead atoms. The van der Waals surface area contributed by atoms with E-state index >= 15 is 0 Å². The van der Waals surface area contributed by atoms with Gasteiger partial charge in [-0.3, -0.25) is 9.58 Å². The van der Waals surface area contributed by atoms with Crippen molar-refractivity contribution in [2.24, 2.45) is 13.0 Å². The molecule has 1 aliphatic heterocycles. The van der Waals surface area contributed by atoms with Gasteiger partial charge >= 0.3 is 0 Å². The number of nitrogens with zero attached hydrogens (tertiary/aromatic N) is 5. The van der Waals surface area contributed by atoms with Gasteiger partial charge in [-0.15, -0.1) is 0 Å². The van der Waals surface area contributed by atoms with Gasteiger partial charge in [0.15, 0.2) is 5.65 Å². The van der Waals surface area contributed by atoms with Gasteiger partial charge in [-0.2, -0.15) is 5.10 Å². The fourth-order valence-corrected chi connectivity index (χ4v) is 2.73. The van der Waals surface area contributed by atoms with Crippen LogP contribution in [0.1, 0.15) is 12.2 Å². The van der Waals surface area contributed by atoms with Crippen molar-refractivity contribution in [2.75, 3.05) is 32.1 Å². The molecule has 1 fully saturated rings. The standard InChI is InChI=1S/C13H20N6O/c1-14-12-10-5-15-18(2)13(10)17-11(16-12)7-19-4-3-9(6-19)8-20/h5,9,20H,3-4,6-8H2,1-2H3,(H,14,16,17). The number of fused-ring (bicyclic) bond motifs is 1. The predicted molar refractivity (Wildman–Crippen MR) is 76.3 cm³/mol. The first kappa shape index (κ1) is 13.3. The second kappa shape index (κ2) is 5.34. The molecule has 1 atom stereocenters. The molecule has 0 amide bonds. The monoisotopic (exact) mass is 276 g/mol. The lowest BCUT2D eigenvalue weighted by Crippen LogP contribution is -2.22. The maximum atomic E-state index is 9.20. The molecule has 108 valence electrons. The van der Waals surface area contributed by atoms with E-state index in [1.54, 1.807) is 10.9 Å². The molecule has 0 radical (unpaired) electrons. The fraction of sp³-hybridized carbons (Fsp3) is 0.615. The summed E-state index contributed by atoms with van der Waals surface area (Å²) in [5.74, 6) is 2.00. The van der Waals surface area contributed by atoms with Crippen molar-refractivity contribution in [3.05, 3.63) is 12.0 Å². The van der Waals surface area contributed by atoms with Gasteiger partial charge in [0.05, 0.1) is 18.1 Å². The highest BCUT2D eigenvalue weighted by atomic mass is 16.3. The van der Waals surface area contributed by atoms with Crippen LogP contribution in [0.2, 0.25) is 0 Å². The van der Waals surface area contributed by atoms with Gasteiger partial charge < -0.3 is 10.4 Å². The van der Waals surface area contributed by atoms with Crippen LogP contribution >= 0.6 is 0 Å². The Labute approximate surface area is 117 Å². The number of hydrogen-bond acceptors (Lipinski definition) is 6. The molecule has 2 aromatic heterocycles. The highest BCUT2D eigenvalue weighted by Gasteiger charge is 2.23. The van der Waals surface area contributed by atoms with Crippen molar-refractivity contribution in [1.82, 2.24) is 24.6 Å². The van der Waals surface area contributed by atoms with Crippen LogP contribution in [0, 0.1) is 5.92 Å². The largest absolute Gasteiger partial charge is 0.396 e. The lowest BCUT2D eigenvalue weighted by Gasteiger charge is -2.15. The van der Waals surface area contributed by atoms with Gasteiger partial charge in [0.2, 0.25) is 0 Å². The molecule has 1 saturated heterocycles. The second-order valence-corrected chi connectivity index (χ2v) is 5.32. The molecule has 0 aromatic carbocycles. The summed E-state index contributed by atoms with van der Waals surface area (Å²) in [5.41, 5.74) is 0.845. The number of hydrogen-bond donors (Lipinski definition) is 2. The summed E-state index contributed by atoms with van der Waals surface area (Å²) in [6, 6.07) is 0. The summed E-state index contributed by atoms with van der Waals surface area (Å²) in [5, 5.41) is 17.5. The number of aliphatic hydroxyl groups is 1. The first-order valence-electron chi connectivity index (χ1n) is 6.91. The molecule has 3 heterocycles. The Balaban J connectivity index is 1.86. The van der Waals surface area contributed by atoms with Crippen LogP contribution in [0.4, 0.5) is 5.82 Å². The molecule has 0 saturated carbocycles. The first-order chi connectivity index (χ1) is 9.71. The van der Waals surface area contributed by atoms with Gasteiger partial charge in [-0.25, -0.2) is 9.97 Å². The molecule has 0 aliphatic carbocycles. The highest BCUT2D eigenvalue weighted by molar-refractivity contribution is 5.86. The quantitative estimate of drug-likeness (QED) is 0.831. The van der Waals surface area contributed by atoms with Crippen LogP contribution in [0.15, 0.2) is 6.20 Å². The average Bonchev–Trinajstić information content (AvgIpc) is 3.06. The molecular formula is C13H20N6O. The van der Waals surface area contributed by atoms with Crippen LogP contribution in [0.25, 0.3) is 11.0 Å². The number of aromatic nitrogens is 4. The molecular weight excluding hydrogens is 256 g/mol. The minimum absolute atomic E-state index is 0.264. The molecule has 3 rings (SSSR count). The number of anilines is 1. The van der Waals surface area contributed by atoms with Crippen molar-refractivity contribution in [3.63, 3.8) is 0 Å². The fourth-order valence-electron chi connectivity index (χ4n) is 2.73. The highest BCUT2D eigenvalue weighted by Crippen LogP contribution is 2.21. The molecule has 7 heteroatoms. The Kier molecular flexibility index (Phi) is 3.54. The molecule has 0 spiro atoms. The van der Waals surface area contributed by atoms with E-state index in [9.17, 15) is 5.11 Å². The van der Waals surface area contributed by atoms with Crippen LogP contribution in [0.3, 0.4) is 0 Å². The topological polar surface area (TPSA) is 79.1 Å². The SMILES string of the molecule is CNc1nc(CN2CCC(CO)C2)nc2c1cnn2C. The lowest BCUT2D eigenvalue weighted by atomic mass is 10.1. The number of aliphatic hydroxyl groups excluding tert-OH is 1. The summed E-state index contributed by atoms with van der Waals surface area (Å²) >= 11 is 0. The van der Waals surface area contributed by atoms with Crippen molar-refractivity contribution in [3.8, 4) is 0 Å². The van der Waals surface area contributed by atoms with Crippen LogP contribution in [-0.4, -0.2) is 56.5 Å². The maximum absolute atomic E-state index is 9.20. The Morgan fingerprint density at radius 2 is 2.30 bits per heavy atom. The van der Waals surface area contributed by atoms with E-state index in [0.29, 0.717) is 12.5 Å². The van der Waals surface area contributed by atoms with Gasteiger partial charge in [-0.1, -0.05) is 0 Å². The summed E-state index contributed by atoms with van der Waals surface area (Å²) in [7, 11) is 3.74. The van der Waals surface area contributed by atoms with Gasteiger partial charge in [0.1, 0.15) is 11.6 Å². The summed E-state index contributed by atoms with van der Waals surface area (Å²) < 4.78 is 1.77. The Morgan fingerprint density at radius 1 is 1.45 bits per heavy atom. The van der Waals surface area contributed by atoms with Crippen LogP contribution < -0.4 is 5.32 Å². The zero-order chi connectivity index (χ0) is 14.1. The zero-order valence-corrected chi connectivity index (χ0v) is 11.9. The summed E-state index contributed by atoms with van der Waals surface area (Å²) in [6.07, 6.45) is 2.83. The van der Waals surface area contributed by atoms with Crippen LogP contribution in [-0.2, 0) is 13.6 Å².